The van der Waals surface area contributed by atoms with Crippen molar-refractivity contribution in [3.05, 3.63) is 28.2 Å². The molecular weight excluding hydrogens is 282 g/mol. The molecule has 0 bridgehead atoms. The molecule has 3 nitrogen and oxygen atoms in total. The Kier molecular flexibility index (Phi) is 5.48. The molecular formula is C13H18BrNO2. The molecule has 0 spiro atoms. The van der Waals surface area contributed by atoms with Crippen molar-refractivity contribution in [2.24, 2.45) is 0 Å². The molecule has 1 rings (SSSR count). The molecule has 0 atom stereocenters. The van der Waals surface area contributed by atoms with Crippen LogP contribution in [-0.2, 0) is 0 Å². The first-order chi connectivity index (χ1) is 8.11. The minimum atomic E-state index is -0.885. The van der Waals surface area contributed by atoms with Gasteiger partial charge >= 0.3 is 5.97 Å². The summed E-state index contributed by atoms with van der Waals surface area (Å²) in [6.45, 7) is 5.96. The smallest absolute Gasteiger partial charge is 0.338 e. The van der Waals surface area contributed by atoms with Gasteiger partial charge in [-0.2, -0.15) is 0 Å². The maximum absolute atomic E-state index is 11.3. The van der Waals surface area contributed by atoms with Crippen LogP contribution < -0.4 is 4.90 Å². The Hall–Kier alpha value is -1.03. The van der Waals surface area contributed by atoms with Crippen molar-refractivity contribution in [2.75, 3.05) is 18.0 Å². The van der Waals surface area contributed by atoms with Crippen LogP contribution in [0, 0.1) is 0 Å². The molecule has 0 saturated heterocycles. The fourth-order valence-electron chi connectivity index (χ4n) is 1.88. The van der Waals surface area contributed by atoms with Gasteiger partial charge in [0.15, 0.2) is 0 Å². The van der Waals surface area contributed by atoms with Gasteiger partial charge in [-0.15, -0.1) is 0 Å². The van der Waals surface area contributed by atoms with Crippen molar-refractivity contribution >= 4 is 27.6 Å². The number of nitrogens with zero attached hydrogens (tertiary/aromatic N) is 1. The van der Waals surface area contributed by atoms with Gasteiger partial charge in [0.2, 0.25) is 0 Å². The number of aromatic carboxylic acids is 1. The largest absolute Gasteiger partial charge is 0.478 e. The molecule has 0 fully saturated rings. The van der Waals surface area contributed by atoms with Gasteiger partial charge in [-0.3, -0.25) is 0 Å². The van der Waals surface area contributed by atoms with Gasteiger partial charge in [-0.25, -0.2) is 4.79 Å². The molecule has 4 heteroatoms. The lowest BCUT2D eigenvalue weighted by Crippen LogP contribution is -2.26. The average Bonchev–Trinajstić information content (AvgIpc) is 2.28. The molecule has 1 aromatic carbocycles. The molecule has 17 heavy (non-hydrogen) atoms. The average molecular weight is 300 g/mol. The fraction of sp³-hybridized carbons (Fsp3) is 0.462. The Morgan fingerprint density at radius 1 is 1.29 bits per heavy atom. The van der Waals surface area contributed by atoms with Crippen molar-refractivity contribution in [1.29, 1.82) is 0 Å². The van der Waals surface area contributed by atoms with Gasteiger partial charge in [-0.05, 0) is 40.9 Å². The van der Waals surface area contributed by atoms with Crippen LogP contribution in [-0.4, -0.2) is 24.2 Å². The number of hydrogen-bond acceptors (Lipinski definition) is 2. The molecule has 1 aromatic rings. The quantitative estimate of drug-likeness (QED) is 0.869. The number of carboxylic acids is 1. The highest BCUT2D eigenvalue weighted by Gasteiger charge is 2.17. The maximum Gasteiger partial charge on any atom is 0.338 e. The van der Waals surface area contributed by atoms with E-state index in [4.69, 9.17) is 0 Å². The normalized spacial score (nSPS) is 10.3. The third kappa shape index (κ3) is 3.46. The van der Waals surface area contributed by atoms with Gasteiger partial charge < -0.3 is 10.0 Å². The Morgan fingerprint density at radius 3 is 2.35 bits per heavy atom. The molecule has 94 valence electrons. The van der Waals surface area contributed by atoms with Crippen molar-refractivity contribution in [3.63, 3.8) is 0 Å². The highest BCUT2D eigenvalue weighted by atomic mass is 79.9. The number of rotatable bonds is 6. The van der Waals surface area contributed by atoms with Crippen molar-refractivity contribution < 1.29 is 9.90 Å². The molecule has 0 aromatic heterocycles. The van der Waals surface area contributed by atoms with E-state index in [1.807, 2.05) is 12.1 Å². The molecule has 1 N–H and O–H groups in total. The van der Waals surface area contributed by atoms with Crippen LogP contribution in [0.2, 0.25) is 0 Å². The first kappa shape index (κ1) is 14.0. The minimum Gasteiger partial charge on any atom is -0.478 e. The van der Waals surface area contributed by atoms with E-state index in [-0.39, 0.29) is 0 Å². The lowest BCUT2D eigenvalue weighted by Gasteiger charge is -2.25. The molecule has 0 aliphatic rings. The van der Waals surface area contributed by atoms with E-state index >= 15 is 0 Å². The Bertz CT molecular complexity index is 387. The fourth-order valence-corrected chi connectivity index (χ4v) is 2.41. The number of halogens is 1. The third-order valence-corrected chi connectivity index (χ3v) is 3.19. The molecule has 0 aliphatic heterocycles. The molecule has 0 heterocycles. The van der Waals surface area contributed by atoms with Gasteiger partial charge in [0.25, 0.3) is 0 Å². The molecule has 0 unspecified atom stereocenters. The summed E-state index contributed by atoms with van der Waals surface area (Å²) < 4.78 is 0.639. The summed E-state index contributed by atoms with van der Waals surface area (Å²) in [5.74, 6) is -0.885. The van der Waals surface area contributed by atoms with E-state index in [1.165, 1.54) is 0 Å². The Balaban J connectivity index is 3.17. The number of hydrogen-bond donors (Lipinski definition) is 1. The van der Waals surface area contributed by atoms with Crippen molar-refractivity contribution in [2.45, 2.75) is 26.7 Å². The van der Waals surface area contributed by atoms with Crippen LogP contribution in [0.25, 0.3) is 0 Å². The number of carboxylic acid groups (broad SMARTS) is 1. The second-order valence-corrected chi connectivity index (χ2v) is 4.78. The predicted molar refractivity (Wildman–Crippen MR) is 73.9 cm³/mol. The predicted octanol–water partition coefficient (Wildman–Crippen LogP) is 3.77. The van der Waals surface area contributed by atoms with Crippen LogP contribution in [0.15, 0.2) is 22.7 Å². The Morgan fingerprint density at radius 2 is 1.88 bits per heavy atom. The van der Waals surface area contributed by atoms with Gasteiger partial charge in [-0.1, -0.05) is 19.9 Å². The summed E-state index contributed by atoms with van der Waals surface area (Å²) in [5.41, 5.74) is 1.16. The van der Waals surface area contributed by atoms with Crippen LogP contribution >= 0.6 is 15.9 Å². The zero-order valence-electron chi connectivity index (χ0n) is 10.2. The van der Waals surface area contributed by atoms with Crippen LogP contribution in [0.3, 0.4) is 0 Å². The van der Waals surface area contributed by atoms with E-state index < -0.39 is 5.97 Å². The van der Waals surface area contributed by atoms with Gasteiger partial charge in [0.05, 0.1) is 11.3 Å². The molecule has 0 aliphatic carbocycles. The second kappa shape index (κ2) is 6.64. The van der Waals surface area contributed by atoms with E-state index in [0.29, 0.717) is 10.0 Å². The summed E-state index contributed by atoms with van der Waals surface area (Å²) in [7, 11) is 0. The monoisotopic (exact) mass is 299 g/mol. The molecule has 0 saturated carbocycles. The second-order valence-electron chi connectivity index (χ2n) is 3.93. The van der Waals surface area contributed by atoms with Crippen LogP contribution in [0.4, 0.5) is 5.69 Å². The van der Waals surface area contributed by atoms with Crippen LogP contribution in [0.1, 0.15) is 37.0 Å². The zero-order valence-corrected chi connectivity index (χ0v) is 11.8. The van der Waals surface area contributed by atoms with E-state index in [0.717, 1.165) is 31.6 Å². The summed E-state index contributed by atoms with van der Waals surface area (Å²) in [4.78, 5) is 13.4. The summed E-state index contributed by atoms with van der Waals surface area (Å²) >= 11 is 3.31. The summed E-state index contributed by atoms with van der Waals surface area (Å²) in [5, 5.41) is 9.28. The molecule has 0 radical (unpaired) electrons. The first-order valence-corrected chi connectivity index (χ1v) is 6.67. The zero-order chi connectivity index (χ0) is 12.8. The number of carbonyl (C=O) groups is 1. The number of anilines is 1. The van der Waals surface area contributed by atoms with Crippen molar-refractivity contribution in [3.8, 4) is 0 Å². The topological polar surface area (TPSA) is 40.5 Å². The highest BCUT2D eigenvalue weighted by molar-refractivity contribution is 9.10. The first-order valence-electron chi connectivity index (χ1n) is 5.88. The van der Waals surface area contributed by atoms with Gasteiger partial charge in [0, 0.05) is 17.6 Å². The lowest BCUT2D eigenvalue weighted by atomic mass is 10.1. The van der Waals surface area contributed by atoms with E-state index in [9.17, 15) is 9.90 Å². The lowest BCUT2D eigenvalue weighted by molar-refractivity contribution is 0.0696. The highest BCUT2D eigenvalue weighted by Crippen LogP contribution is 2.28. The number of benzene rings is 1. The van der Waals surface area contributed by atoms with Crippen molar-refractivity contribution in [1.82, 2.24) is 0 Å². The standard InChI is InChI=1S/C13H18BrNO2/c1-3-8-15(9-4-2)11-7-5-6-10(14)12(11)13(16)17/h5-7H,3-4,8-9H2,1-2H3,(H,16,17). The van der Waals surface area contributed by atoms with Crippen LogP contribution in [0.5, 0.6) is 0 Å². The summed E-state index contributed by atoms with van der Waals surface area (Å²) in [6.07, 6.45) is 2.01. The van der Waals surface area contributed by atoms with Gasteiger partial charge in [0.1, 0.15) is 0 Å². The van der Waals surface area contributed by atoms with E-state index in [2.05, 4.69) is 34.7 Å². The SMILES string of the molecule is CCCN(CCC)c1cccc(Br)c1C(=O)O. The molecule has 0 amide bonds. The Labute approximate surface area is 111 Å². The maximum atomic E-state index is 11.3. The minimum absolute atomic E-state index is 0.356. The third-order valence-electron chi connectivity index (χ3n) is 2.53. The van der Waals surface area contributed by atoms with E-state index in [1.54, 1.807) is 6.07 Å². The summed E-state index contributed by atoms with van der Waals surface area (Å²) in [6, 6.07) is 5.52.